The van der Waals surface area contributed by atoms with Gasteiger partial charge in [-0.15, -0.1) is 0 Å². The number of aromatic carboxylic acids is 1. The first-order chi connectivity index (χ1) is 12.0. The van der Waals surface area contributed by atoms with Crippen LogP contribution < -0.4 is 10.1 Å². The average Bonchev–Trinajstić information content (AvgIpc) is 2.62. The highest BCUT2D eigenvalue weighted by molar-refractivity contribution is 5.88. The molecule has 1 amide bonds. The molecule has 1 unspecified atom stereocenters. The van der Waals surface area contributed by atoms with E-state index in [4.69, 9.17) is 14.6 Å². The second kappa shape index (κ2) is 8.30. The van der Waals surface area contributed by atoms with E-state index in [0.717, 1.165) is 11.1 Å². The number of rotatable bonds is 7. The zero-order valence-corrected chi connectivity index (χ0v) is 14.4. The lowest BCUT2D eigenvalue weighted by molar-refractivity contribution is -0.130. The van der Waals surface area contributed by atoms with Crippen LogP contribution in [0.3, 0.4) is 0 Å². The van der Waals surface area contributed by atoms with Crippen LogP contribution in [0.2, 0.25) is 0 Å². The van der Waals surface area contributed by atoms with Crippen LogP contribution in [-0.4, -0.2) is 31.1 Å². The molecule has 0 heterocycles. The number of hydrogen-bond donors (Lipinski definition) is 2. The average molecular weight is 343 g/mol. The lowest BCUT2D eigenvalue weighted by atomic mass is 10.0. The summed E-state index contributed by atoms with van der Waals surface area (Å²) in [7, 11) is 3.02. The third kappa shape index (κ3) is 4.36. The van der Waals surface area contributed by atoms with Crippen LogP contribution in [0.25, 0.3) is 0 Å². The molecule has 6 nitrogen and oxygen atoms in total. The predicted octanol–water partition coefficient (Wildman–Crippen LogP) is 2.71. The van der Waals surface area contributed by atoms with Gasteiger partial charge >= 0.3 is 5.97 Å². The SMILES string of the molecule is CNC(=O)C(OC)c1ccccc1COc1cc(C(=O)O)ccc1C. The highest BCUT2D eigenvalue weighted by atomic mass is 16.5. The van der Waals surface area contributed by atoms with Gasteiger partial charge in [0.2, 0.25) is 0 Å². The van der Waals surface area contributed by atoms with Crippen molar-refractivity contribution in [2.45, 2.75) is 19.6 Å². The van der Waals surface area contributed by atoms with Crippen molar-refractivity contribution in [3.63, 3.8) is 0 Å². The molecule has 25 heavy (non-hydrogen) atoms. The molecule has 2 aromatic carbocycles. The van der Waals surface area contributed by atoms with Gasteiger partial charge in [-0.1, -0.05) is 30.3 Å². The fourth-order valence-corrected chi connectivity index (χ4v) is 2.47. The topological polar surface area (TPSA) is 84.9 Å². The maximum atomic E-state index is 12.0. The Kier molecular flexibility index (Phi) is 6.14. The largest absolute Gasteiger partial charge is 0.489 e. The maximum absolute atomic E-state index is 12.0. The fraction of sp³-hybridized carbons (Fsp3) is 0.263. The van der Waals surface area contributed by atoms with E-state index in [2.05, 4.69) is 5.32 Å². The molecular formula is C19H21NO5. The quantitative estimate of drug-likeness (QED) is 0.807. The minimum atomic E-state index is -1.01. The molecule has 2 rings (SSSR count). The van der Waals surface area contributed by atoms with Crippen molar-refractivity contribution in [1.82, 2.24) is 5.32 Å². The molecule has 0 aliphatic carbocycles. The van der Waals surface area contributed by atoms with E-state index in [1.54, 1.807) is 13.1 Å². The van der Waals surface area contributed by atoms with Crippen LogP contribution >= 0.6 is 0 Å². The highest BCUT2D eigenvalue weighted by Gasteiger charge is 2.21. The Hall–Kier alpha value is -2.86. The van der Waals surface area contributed by atoms with Gasteiger partial charge in [-0.05, 0) is 35.7 Å². The van der Waals surface area contributed by atoms with Gasteiger partial charge in [0.05, 0.1) is 5.56 Å². The van der Waals surface area contributed by atoms with Crippen molar-refractivity contribution < 1.29 is 24.2 Å². The Labute approximate surface area is 146 Å². The number of methoxy groups -OCH3 is 1. The van der Waals surface area contributed by atoms with Crippen LogP contribution in [0, 0.1) is 6.92 Å². The number of carboxylic acid groups (broad SMARTS) is 1. The van der Waals surface area contributed by atoms with Gasteiger partial charge in [-0.2, -0.15) is 0 Å². The van der Waals surface area contributed by atoms with Crippen LogP contribution in [0.4, 0.5) is 0 Å². The molecule has 0 aliphatic rings. The van der Waals surface area contributed by atoms with Crippen LogP contribution in [-0.2, 0) is 16.1 Å². The van der Waals surface area contributed by atoms with Crippen molar-refractivity contribution in [2.24, 2.45) is 0 Å². The molecule has 0 radical (unpaired) electrons. The molecule has 0 aromatic heterocycles. The number of carbonyl (C=O) groups is 2. The minimum absolute atomic E-state index is 0.161. The fourth-order valence-electron chi connectivity index (χ4n) is 2.47. The summed E-state index contributed by atoms with van der Waals surface area (Å²) < 4.78 is 11.1. The molecule has 2 N–H and O–H groups in total. The summed E-state index contributed by atoms with van der Waals surface area (Å²) in [6.07, 6.45) is -0.740. The zero-order valence-electron chi connectivity index (χ0n) is 14.4. The Morgan fingerprint density at radius 2 is 1.92 bits per heavy atom. The first-order valence-electron chi connectivity index (χ1n) is 7.76. The predicted molar refractivity (Wildman–Crippen MR) is 92.7 cm³/mol. The monoisotopic (exact) mass is 343 g/mol. The lowest BCUT2D eigenvalue weighted by Gasteiger charge is -2.18. The van der Waals surface area contributed by atoms with Gasteiger partial charge in [0.15, 0.2) is 6.10 Å². The summed E-state index contributed by atoms with van der Waals surface area (Å²) >= 11 is 0. The molecular weight excluding hydrogens is 322 g/mol. The number of benzene rings is 2. The van der Waals surface area contributed by atoms with Gasteiger partial charge in [-0.25, -0.2) is 4.79 Å². The molecule has 0 saturated carbocycles. The molecule has 132 valence electrons. The summed E-state index contributed by atoms with van der Waals surface area (Å²) in [6.45, 7) is 2.03. The number of amides is 1. The van der Waals surface area contributed by atoms with Crippen molar-refractivity contribution in [3.8, 4) is 5.75 Å². The Morgan fingerprint density at radius 3 is 2.56 bits per heavy atom. The maximum Gasteiger partial charge on any atom is 0.335 e. The van der Waals surface area contributed by atoms with Gasteiger partial charge in [-0.3, -0.25) is 4.79 Å². The van der Waals surface area contributed by atoms with E-state index in [1.165, 1.54) is 19.2 Å². The van der Waals surface area contributed by atoms with Crippen molar-refractivity contribution in [3.05, 3.63) is 64.7 Å². The number of nitrogens with one attached hydrogen (secondary N) is 1. The van der Waals surface area contributed by atoms with Gasteiger partial charge in [0, 0.05) is 14.2 Å². The molecule has 0 aliphatic heterocycles. The number of carboxylic acids is 1. The first-order valence-corrected chi connectivity index (χ1v) is 7.76. The number of ether oxygens (including phenoxy) is 2. The van der Waals surface area contributed by atoms with E-state index in [0.29, 0.717) is 11.3 Å². The van der Waals surface area contributed by atoms with E-state index in [-0.39, 0.29) is 18.1 Å². The summed E-state index contributed by atoms with van der Waals surface area (Å²) in [6, 6.07) is 12.1. The summed E-state index contributed by atoms with van der Waals surface area (Å²) in [4.78, 5) is 23.1. The van der Waals surface area contributed by atoms with Crippen molar-refractivity contribution in [1.29, 1.82) is 0 Å². The first kappa shape index (κ1) is 18.5. The lowest BCUT2D eigenvalue weighted by Crippen LogP contribution is -2.27. The van der Waals surface area contributed by atoms with E-state index >= 15 is 0 Å². The molecule has 0 spiro atoms. The molecule has 6 heteroatoms. The number of aryl methyl sites for hydroxylation is 1. The number of carbonyl (C=O) groups excluding carboxylic acids is 1. The van der Waals surface area contributed by atoms with Crippen molar-refractivity contribution in [2.75, 3.05) is 14.2 Å². The molecule has 0 bridgehead atoms. The van der Waals surface area contributed by atoms with E-state index in [1.807, 2.05) is 31.2 Å². The van der Waals surface area contributed by atoms with Crippen LogP contribution in [0.5, 0.6) is 5.75 Å². The summed E-state index contributed by atoms with van der Waals surface area (Å²) in [5.74, 6) is -0.771. The minimum Gasteiger partial charge on any atom is -0.489 e. The van der Waals surface area contributed by atoms with Crippen LogP contribution in [0.1, 0.15) is 33.2 Å². The summed E-state index contributed by atoms with van der Waals surface area (Å²) in [5, 5.41) is 11.7. The third-order valence-corrected chi connectivity index (χ3v) is 3.88. The highest BCUT2D eigenvalue weighted by Crippen LogP contribution is 2.25. The van der Waals surface area contributed by atoms with Gasteiger partial charge in [0.25, 0.3) is 5.91 Å². The van der Waals surface area contributed by atoms with E-state index in [9.17, 15) is 9.59 Å². The molecule has 0 saturated heterocycles. The summed E-state index contributed by atoms with van der Waals surface area (Å²) in [5.41, 5.74) is 2.49. The zero-order chi connectivity index (χ0) is 18.4. The normalized spacial score (nSPS) is 11.6. The Balaban J connectivity index is 2.26. The second-order valence-corrected chi connectivity index (χ2v) is 5.50. The third-order valence-electron chi connectivity index (χ3n) is 3.88. The molecule has 1 atom stereocenters. The second-order valence-electron chi connectivity index (χ2n) is 5.50. The molecule has 0 fully saturated rings. The van der Waals surface area contributed by atoms with Gasteiger partial charge in [0.1, 0.15) is 12.4 Å². The standard InChI is InChI=1S/C19H21NO5/c1-12-8-9-13(19(22)23)10-16(12)25-11-14-6-4-5-7-15(14)17(24-3)18(21)20-2/h4-10,17H,11H2,1-3H3,(H,20,21)(H,22,23). The van der Waals surface area contributed by atoms with Gasteiger partial charge < -0.3 is 19.9 Å². The number of hydrogen-bond acceptors (Lipinski definition) is 4. The smallest absolute Gasteiger partial charge is 0.335 e. The number of likely N-dealkylation sites (N-methyl/N-ethyl adjacent to an activating group) is 1. The van der Waals surface area contributed by atoms with Crippen LogP contribution in [0.15, 0.2) is 42.5 Å². The Bertz CT molecular complexity index is 772. The van der Waals surface area contributed by atoms with E-state index < -0.39 is 12.1 Å². The van der Waals surface area contributed by atoms with Crippen molar-refractivity contribution >= 4 is 11.9 Å². The Morgan fingerprint density at radius 1 is 1.20 bits per heavy atom. The molecule has 2 aromatic rings.